The van der Waals surface area contributed by atoms with Gasteiger partial charge in [0.1, 0.15) is 0 Å². The lowest BCUT2D eigenvalue weighted by molar-refractivity contribution is -0.148. The molecule has 6 heteroatoms. The highest BCUT2D eigenvalue weighted by molar-refractivity contribution is 5.82. The molecular weight excluding hydrogens is 248 g/mol. The molecule has 0 aliphatic heterocycles. The standard InChI is InChI=1S/C13H18N2O4/c1-19-11(13(17)18)8-15-12(16)10(14)7-9-5-3-2-4-6-9/h2-6,10-11H,7-8,14H2,1H3,(H,15,16)(H,17,18)/t10-,11?/m1/s1. The first-order chi connectivity index (χ1) is 9.04. The van der Waals surface area contributed by atoms with Crippen LogP contribution < -0.4 is 11.1 Å². The fourth-order valence-corrected chi connectivity index (χ4v) is 1.56. The molecule has 4 N–H and O–H groups in total. The molecule has 0 aromatic heterocycles. The van der Waals surface area contributed by atoms with Crippen molar-refractivity contribution in [3.8, 4) is 0 Å². The second-order valence-corrected chi connectivity index (χ2v) is 4.10. The molecular formula is C13H18N2O4. The number of carbonyl (C=O) groups excluding carboxylic acids is 1. The van der Waals surface area contributed by atoms with Crippen LogP contribution in [0.4, 0.5) is 0 Å². The van der Waals surface area contributed by atoms with E-state index in [2.05, 4.69) is 5.32 Å². The number of amides is 1. The molecule has 0 saturated heterocycles. The monoisotopic (exact) mass is 266 g/mol. The van der Waals surface area contributed by atoms with Crippen molar-refractivity contribution in [3.05, 3.63) is 35.9 Å². The first kappa shape index (κ1) is 15.1. The number of carboxylic acids is 1. The summed E-state index contributed by atoms with van der Waals surface area (Å²) in [5, 5.41) is 11.2. The van der Waals surface area contributed by atoms with Crippen molar-refractivity contribution in [1.29, 1.82) is 0 Å². The summed E-state index contributed by atoms with van der Waals surface area (Å²) in [5.41, 5.74) is 6.70. The highest BCUT2D eigenvalue weighted by Crippen LogP contribution is 2.01. The highest BCUT2D eigenvalue weighted by Gasteiger charge is 2.19. The predicted octanol–water partition coefficient (Wildman–Crippen LogP) is -0.228. The number of rotatable bonds is 7. The van der Waals surface area contributed by atoms with Crippen molar-refractivity contribution >= 4 is 11.9 Å². The van der Waals surface area contributed by atoms with E-state index in [9.17, 15) is 9.59 Å². The van der Waals surface area contributed by atoms with Gasteiger partial charge in [-0.2, -0.15) is 0 Å². The summed E-state index contributed by atoms with van der Waals surface area (Å²) in [6.45, 7) is -0.104. The van der Waals surface area contributed by atoms with Crippen molar-refractivity contribution in [2.45, 2.75) is 18.6 Å². The molecule has 0 spiro atoms. The van der Waals surface area contributed by atoms with E-state index in [0.29, 0.717) is 6.42 Å². The molecule has 2 atom stereocenters. The van der Waals surface area contributed by atoms with Gasteiger partial charge in [-0.25, -0.2) is 4.79 Å². The molecule has 1 aromatic rings. The van der Waals surface area contributed by atoms with Crippen LogP contribution in [-0.4, -0.2) is 42.8 Å². The Bertz CT molecular complexity index is 422. The third-order valence-electron chi connectivity index (χ3n) is 2.66. The first-order valence-corrected chi connectivity index (χ1v) is 5.87. The number of hydrogen-bond donors (Lipinski definition) is 3. The van der Waals surface area contributed by atoms with Crippen LogP contribution in [0.15, 0.2) is 30.3 Å². The van der Waals surface area contributed by atoms with Crippen LogP contribution in [0.2, 0.25) is 0 Å². The summed E-state index contributed by atoms with van der Waals surface area (Å²) < 4.78 is 4.71. The van der Waals surface area contributed by atoms with E-state index in [4.69, 9.17) is 15.6 Å². The molecule has 1 amide bonds. The average molecular weight is 266 g/mol. The maximum Gasteiger partial charge on any atom is 0.334 e. The highest BCUT2D eigenvalue weighted by atomic mass is 16.5. The van der Waals surface area contributed by atoms with E-state index in [-0.39, 0.29) is 6.54 Å². The van der Waals surface area contributed by atoms with Crippen LogP contribution in [0.5, 0.6) is 0 Å². The van der Waals surface area contributed by atoms with E-state index < -0.39 is 24.0 Å². The number of aliphatic carboxylic acids is 1. The Morgan fingerprint density at radius 2 is 2.00 bits per heavy atom. The topological polar surface area (TPSA) is 102 Å². The van der Waals surface area contributed by atoms with Crippen molar-refractivity contribution in [2.24, 2.45) is 5.73 Å². The fraction of sp³-hybridized carbons (Fsp3) is 0.385. The zero-order valence-corrected chi connectivity index (χ0v) is 10.7. The summed E-state index contributed by atoms with van der Waals surface area (Å²) in [4.78, 5) is 22.4. The number of methoxy groups -OCH3 is 1. The van der Waals surface area contributed by atoms with Gasteiger partial charge in [0.05, 0.1) is 12.6 Å². The van der Waals surface area contributed by atoms with Gasteiger partial charge < -0.3 is 20.9 Å². The zero-order chi connectivity index (χ0) is 14.3. The molecule has 0 heterocycles. The van der Waals surface area contributed by atoms with Crippen LogP contribution in [0.1, 0.15) is 5.56 Å². The normalized spacial score (nSPS) is 13.6. The Labute approximate surface area is 111 Å². The summed E-state index contributed by atoms with van der Waals surface area (Å²) in [5.74, 6) is -1.52. The quantitative estimate of drug-likeness (QED) is 0.633. The number of carbonyl (C=O) groups is 2. The van der Waals surface area contributed by atoms with E-state index >= 15 is 0 Å². The minimum Gasteiger partial charge on any atom is -0.479 e. The molecule has 1 rings (SSSR count). The molecule has 1 unspecified atom stereocenters. The predicted molar refractivity (Wildman–Crippen MR) is 69.6 cm³/mol. The smallest absolute Gasteiger partial charge is 0.334 e. The molecule has 1 aromatic carbocycles. The summed E-state index contributed by atoms with van der Waals surface area (Å²) in [6, 6.07) is 8.65. The molecule has 0 aliphatic rings. The Balaban J connectivity index is 2.43. The number of ether oxygens (including phenoxy) is 1. The minimum atomic E-state index is -1.13. The van der Waals surface area contributed by atoms with E-state index in [1.807, 2.05) is 30.3 Å². The molecule has 6 nitrogen and oxygen atoms in total. The van der Waals surface area contributed by atoms with Crippen LogP contribution in [0.25, 0.3) is 0 Å². The van der Waals surface area contributed by atoms with Crippen LogP contribution in [-0.2, 0) is 20.7 Å². The Hall–Kier alpha value is -1.92. The van der Waals surface area contributed by atoms with E-state index in [0.717, 1.165) is 5.56 Å². The lowest BCUT2D eigenvalue weighted by Crippen LogP contribution is -2.46. The maximum atomic E-state index is 11.7. The molecule has 0 bridgehead atoms. The van der Waals surface area contributed by atoms with Crippen molar-refractivity contribution in [1.82, 2.24) is 5.32 Å². The van der Waals surface area contributed by atoms with Gasteiger partial charge in [-0.3, -0.25) is 4.79 Å². The van der Waals surface area contributed by atoms with E-state index in [1.165, 1.54) is 7.11 Å². The zero-order valence-electron chi connectivity index (χ0n) is 10.7. The SMILES string of the molecule is COC(CNC(=O)[C@H](N)Cc1ccccc1)C(=O)O. The lowest BCUT2D eigenvalue weighted by atomic mass is 10.1. The largest absolute Gasteiger partial charge is 0.479 e. The van der Waals surface area contributed by atoms with Crippen molar-refractivity contribution in [2.75, 3.05) is 13.7 Å². The number of nitrogens with two attached hydrogens (primary N) is 1. The third-order valence-corrected chi connectivity index (χ3v) is 2.66. The van der Waals surface area contributed by atoms with Gasteiger partial charge in [0.15, 0.2) is 6.10 Å². The summed E-state index contributed by atoms with van der Waals surface area (Å²) in [6.07, 6.45) is -0.662. The second-order valence-electron chi connectivity index (χ2n) is 4.10. The van der Waals surface area contributed by atoms with Crippen molar-refractivity contribution in [3.63, 3.8) is 0 Å². The first-order valence-electron chi connectivity index (χ1n) is 5.87. The molecule has 19 heavy (non-hydrogen) atoms. The van der Waals surface area contributed by atoms with Gasteiger partial charge in [0, 0.05) is 7.11 Å². The van der Waals surface area contributed by atoms with Crippen LogP contribution >= 0.6 is 0 Å². The Morgan fingerprint density at radius 3 is 2.53 bits per heavy atom. The maximum absolute atomic E-state index is 11.7. The van der Waals surface area contributed by atoms with E-state index in [1.54, 1.807) is 0 Å². The molecule has 0 radical (unpaired) electrons. The van der Waals surface area contributed by atoms with Gasteiger partial charge in [-0.1, -0.05) is 30.3 Å². The average Bonchev–Trinajstić information content (AvgIpc) is 2.39. The van der Waals surface area contributed by atoms with Crippen molar-refractivity contribution < 1.29 is 19.4 Å². The van der Waals surface area contributed by atoms with Gasteiger partial charge in [0.2, 0.25) is 5.91 Å². The van der Waals surface area contributed by atoms with Gasteiger partial charge >= 0.3 is 5.97 Å². The lowest BCUT2D eigenvalue weighted by Gasteiger charge is -2.15. The number of hydrogen-bond acceptors (Lipinski definition) is 4. The van der Waals surface area contributed by atoms with Gasteiger partial charge in [0.25, 0.3) is 0 Å². The second kappa shape index (κ2) is 7.50. The van der Waals surface area contributed by atoms with Gasteiger partial charge in [-0.05, 0) is 12.0 Å². The fourth-order valence-electron chi connectivity index (χ4n) is 1.56. The number of benzene rings is 1. The number of nitrogens with one attached hydrogen (secondary N) is 1. The van der Waals surface area contributed by atoms with Crippen LogP contribution in [0.3, 0.4) is 0 Å². The Kier molecular flexibility index (Phi) is 5.98. The third kappa shape index (κ3) is 5.07. The molecule has 0 fully saturated rings. The summed E-state index contributed by atoms with van der Waals surface area (Å²) in [7, 11) is 1.27. The molecule has 0 aliphatic carbocycles. The molecule has 0 saturated carbocycles. The van der Waals surface area contributed by atoms with Gasteiger partial charge in [-0.15, -0.1) is 0 Å². The Morgan fingerprint density at radius 1 is 1.37 bits per heavy atom. The number of carboxylic acid groups (broad SMARTS) is 1. The summed E-state index contributed by atoms with van der Waals surface area (Å²) >= 11 is 0. The minimum absolute atomic E-state index is 0.104. The van der Waals surface area contributed by atoms with Crippen LogP contribution in [0, 0.1) is 0 Å². The molecule has 104 valence electrons.